The fraction of sp³-hybridized carbons (Fsp3) is 0.417. The molecule has 1 amide bonds. The first kappa shape index (κ1) is 25.0. The minimum absolute atomic E-state index is 0.0189. The number of hydrogen-bond donors (Lipinski definition) is 1. The van der Waals surface area contributed by atoms with Crippen molar-refractivity contribution in [2.24, 2.45) is 0 Å². The largest absolute Gasteiger partial charge is 0.455 e. The summed E-state index contributed by atoms with van der Waals surface area (Å²) in [6, 6.07) is 9.88. The first-order chi connectivity index (χ1) is 16.8. The summed E-state index contributed by atoms with van der Waals surface area (Å²) in [5.74, 6) is 0.689. The summed E-state index contributed by atoms with van der Waals surface area (Å²) in [5, 5.41) is 2.79. The lowest BCUT2D eigenvalue weighted by atomic mass is 10.0. The zero-order valence-corrected chi connectivity index (χ0v) is 20.0. The molecule has 0 radical (unpaired) electrons. The Morgan fingerprint density at radius 2 is 2.09 bits per heavy atom. The molecule has 3 aromatic rings. The summed E-state index contributed by atoms with van der Waals surface area (Å²) >= 11 is 1.04. The van der Waals surface area contributed by atoms with Crippen LogP contribution < -0.4 is 10.2 Å². The number of nitrogens with zero attached hydrogens (tertiary/aromatic N) is 4. The molecule has 4 heterocycles. The summed E-state index contributed by atoms with van der Waals surface area (Å²) in [7, 11) is 0. The van der Waals surface area contributed by atoms with E-state index in [4.69, 9.17) is 4.42 Å². The smallest absolute Gasteiger partial charge is 0.433 e. The number of thioether (sulfide) groups is 1. The van der Waals surface area contributed by atoms with Crippen molar-refractivity contribution in [1.82, 2.24) is 20.3 Å². The first-order valence-electron chi connectivity index (χ1n) is 11.4. The van der Waals surface area contributed by atoms with Crippen LogP contribution in [0.25, 0.3) is 0 Å². The van der Waals surface area contributed by atoms with E-state index in [1.807, 2.05) is 30.0 Å². The second-order valence-electron chi connectivity index (χ2n) is 8.31. The van der Waals surface area contributed by atoms with Gasteiger partial charge in [-0.2, -0.15) is 13.2 Å². The minimum Gasteiger partial charge on any atom is -0.455 e. The number of furan rings is 1. The Morgan fingerprint density at radius 3 is 2.83 bits per heavy atom. The van der Waals surface area contributed by atoms with Crippen LogP contribution in [0.1, 0.15) is 53.9 Å². The highest BCUT2D eigenvalue weighted by Crippen LogP contribution is 2.34. The average Bonchev–Trinajstić information content (AvgIpc) is 3.32. The molecule has 7 nitrogen and oxygen atoms in total. The molecule has 1 fully saturated rings. The number of hydrogen-bond acceptors (Lipinski definition) is 7. The van der Waals surface area contributed by atoms with Crippen LogP contribution in [-0.4, -0.2) is 40.0 Å². The molecule has 11 heteroatoms. The summed E-state index contributed by atoms with van der Waals surface area (Å²) in [5.41, 5.74) is -0.0982. The Morgan fingerprint density at radius 1 is 1.23 bits per heavy atom. The molecular weight excluding hydrogens is 479 g/mol. The van der Waals surface area contributed by atoms with E-state index in [0.29, 0.717) is 25.3 Å². The molecule has 0 unspecified atom stereocenters. The summed E-state index contributed by atoms with van der Waals surface area (Å²) < 4.78 is 46.1. The number of anilines is 1. The van der Waals surface area contributed by atoms with Crippen molar-refractivity contribution >= 4 is 23.5 Å². The molecule has 0 aromatic carbocycles. The third-order valence-electron chi connectivity index (χ3n) is 5.70. The maximum Gasteiger partial charge on any atom is 0.433 e. The van der Waals surface area contributed by atoms with Crippen LogP contribution in [0, 0.1) is 0 Å². The number of amides is 1. The molecule has 1 saturated heterocycles. The van der Waals surface area contributed by atoms with Crippen molar-refractivity contribution in [2.75, 3.05) is 18.0 Å². The molecule has 0 saturated carbocycles. The zero-order valence-electron chi connectivity index (χ0n) is 19.2. The standard InChI is InChI=1S/C24H26F3N5O2S/c1-16-6-3-5-13-32(16)21-14-20(24(25,26)27)30-23(31-21)35-15-18-8-9-19(34-18)22(33)29-12-10-17-7-2-4-11-28-17/h2,4,7-9,11,14,16H,3,5-6,10,12-13,15H2,1H3,(H,29,33)/t16-/m0/s1. The number of rotatable bonds is 8. The van der Waals surface area contributed by atoms with Gasteiger partial charge in [0.05, 0.1) is 5.75 Å². The number of nitrogens with one attached hydrogen (secondary N) is 1. The molecule has 0 bridgehead atoms. The molecule has 1 aliphatic rings. The topological polar surface area (TPSA) is 84.2 Å². The van der Waals surface area contributed by atoms with Crippen molar-refractivity contribution in [3.8, 4) is 0 Å². The van der Waals surface area contributed by atoms with Crippen molar-refractivity contribution in [1.29, 1.82) is 0 Å². The Hall–Kier alpha value is -3.08. The van der Waals surface area contributed by atoms with Crippen LogP contribution in [0.15, 0.2) is 52.2 Å². The highest BCUT2D eigenvalue weighted by atomic mass is 32.2. The van der Waals surface area contributed by atoms with Crippen LogP contribution in [0.2, 0.25) is 0 Å². The van der Waals surface area contributed by atoms with E-state index < -0.39 is 11.9 Å². The number of halogens is 3. The number of carbonyl (C=O) groups is 1. The van der Waals surface area contributed by atoms with Crippen LogP contribution in [0.5, 0.6) is 0 Å². The number of alkyl halides is 3. The van der Waals surface area contributed by atoms with E-state index in [-0.39, 0.29) is 34.4 Å². The first-order valence-corrected chi connectivity index (χ1v) is 12.4. The van der Waals surface area contributed by atoms with Crippen molar-refractivity contribution in [3.05, 3.63) is 65.5 Å². The Balaban J connectivity index is 1.39. The average molecular weight is 506 g/mol. The van der Waals surface area contributed by atoms with Gasteiger partial charge in [0, 0.05) is 43.5 Å². The second-order valence-corrected chi connectivity index (χ2v) is 9.25. The van der Waals surface area contributed by atoms with Gasteiger partial charge in [0.1, 0.15) is 11.6 Å². The molecule has 35 heavy (non-hydrogen) atoms. The lowest BCUT2D eigenvalue weighted by Crippen LogP contribution is -2.38. The van der Waals surface area contributed by atoms with Gasteiger partial charge in [-0.25, -0.2) is 9.97 Å². The van der Waals surface area contributed by atoms with Gasteiger partial charge in [-0.1, -0.05) is 17.8 Å². The molecule has 1 N–H and O–H groups in total. The number of carbonyl (C=O) groups excluding carboxylic acids is 1. The predicted octanol–water partition coefficient (Wildman–Crippen LogP) is 5.13. The van der Waals surface area contributed by atoms with Gasteiger partial charge in [0.15, 0.2) is 16.6 Å². The Kier molecular flexibility index (Phi) is 7.94. The van der Waals surface area contributed by atoms with Crippen LogP contribution in [0.4, 0.5) is 19.0 Å². The lowest BCUT2D eigenvalue weighted by Gasteiger charge is -2.34. The van der Waals surface area contributed by atoms with Crippen molar-refractivity contribution in [2.45, 2.75) is 55.7 Å². The van der Waals surface area contributed by atoms with Gasteiger partial charge in [-0.05, 0) is 50.5 Å². The van der Waals surface area contributed by atoms with Gasteiger partial charge in [0.2, 0.25) is 0 Å². The maximum atomic E-state index is 13.5. The molecule has 1 aliphatic heterocycles. The number of pyridine rings is 1. The highest BCUT2D eigenvalue weighted by Gasteiger charge is 2.35. The normalized spacial score (nSPS) is 16.3. The number of piperidine rings is 1. The molecule has 0 aliphatic carbocycles. The summed E-state index contributed by atoms with van der Waals surface area (Å²) in [6.45, 7) is 3.06. The van der Waals surface area contributed by atoms with Crippen molar-refractivity contribution in [3.63, 3.8) is 0 Å². The minimum atomic E-state index is -4.57. The molecule has 0 spiro atoms. The van der Waals surface area contributed by atoms with E-state index in [1.54, 1.807) is 18.3 Å². The van der Waals surface area contributed by atoms with E-state index >= 15 is 0 Å². The van der Waals surface area contributed by atoms with Crippen molar-refractivity contribution < 1.29 is 22.4 Å². The number of aromatic nitrogens is 3. The van der Waals surface area contributed by atoms with Gasteiger partial charge in [0.25, 0.3) is 5.91 Å². The quantitative estimate of drug-likeness (QED) is 0.336. The highest BCUT2D eigenvalue weighted by molar-refractivity contribution is 7.98. The van der Waals surface area contributed by atoms with E-state index in [0.717, 1.165) is 42.8 Å². The van der Waals surface area contributed by atoms with Crippen LogP contribution in [0.3, 0.4) is 0 Å². The predicted molar refractivity (Wildman–Crippen MR) is 126 cm³/mol. The van der Waals surface area contributed by atoms with E-state index in [9.17, 15) is 18.0 Å². The fourth-order valence-electron chi connectivity index (χ4n) is 3.86. The summed E-state index contributed by atoms with van der Waals surface area (Å²) in [4.78, 5) is 26.6. The SMILES string of the molecule is C[C@H]1CCCCN1c1cc(C(F)(F)F)nc(SCc2ccc(C(=O)NCCc3ccccn3)o2)n1. The van der Waals surface area contributed by atoms with Gasteiger partial charge in [-0.3, -0.25) is 9.78 Å². The second kappa shape index (κ2) is 11.1. The van der Waals surface area contributed by atoms with Crippen LogP contribution in [-0.2, 0) is 18.3 Å². The Bertz CT molecular complexity index is 1140. The summed E-state index contributed by atoms with van der Waals surface area (Å²) in [6.07, 6.45) is 0.578. The lowest BCUT2D eigenvalue weighted by molar-refractivity contribution is -0.141. The molecule has 3 aromatic heterocycles. The van der Waals surface area contributed by atoms with E-state index in [1.165, 1.54) is 0 Å². The molecule has 1 atom stereocenters. The molecule has 4 rings (SSSR count). The van der Waals surface area contributed by atoms with E-state index in [2.05, 4.69) is 20.3 Å². The van der Waals surface area contributed by atoms with Gasteiger partial charge >= 0.3 is 6.18 Å². The Labute approximate surface area is 205 Å². The third-order valence-corrected chi connectivity index (χ3v) is 6.57. The van der Waals surface area contributed by atoms with Crippen LogP contribution >= 0.6 is 11.8 Å². The fourth-order valence-corrected chi connectivity index (χ4v) is 4.61. The zero-order chi connectivity index (χ0) is 24.8. The molecular formula is C24H26F3N5O2S. The van der Waals surface area contributed by atoms with Gasteiger partial charge < -0.3 is 14.6 Å². The monoisotopic (exact) mass is 505 g/mol. The maximum absolute atomic E-state index is 13.5. The van der Waals surface area contributed by atoms with Gasteiger partial charge in [-0.15, -0.1) is 0 Å². The molecule has 186 valence electrons. The third kappa shape index (κ3) is 6.74.